The first-order chi connectivity index (χ1) is 7.91. The molecule has 0 nitrogen and oxygen atoms in total. The van der Waals surface area contributed by atoms with Gasteiger partial charge in [0.05, 0.1) is 0 Å². The molecule has 0 aromatic heterocycles. The first-order valence-electron chi connectivity index (χ1n) is 7.56. The van der Waals surface area contributed by atoms with E-state index in [1.165, 1.54) is 87.9 Å². The molecular weight excluding hydrogens is 299 g/mol. The topological polar surface area (TPSA) is 0 Å². The van der Waals surface area contributed by atoms with E-state index in [-0.39, 0.29) is 0 Å². The molecule has 0 aromatic carbocycles. The fraction of sp³-hybridized carbons (Fsp3) is 1.00. The molecule has 0 N–H and O–H groups in total. The van der Waals surface area contributed by atoms with Gasteiger partial charge in [0, 0.05) is 0 Å². The summed E-state index contributed by atoms with van der Waals surface area (Å²) >= 11 is 1.72. The van der Waals surface area contributed by atoms with Crippen molar-refractivity contribution in [1.29, 1.82) is 0 Å². The maximum atomic E-state index is 2.29. The standard InChI is InChI=1S/C15H31.Sn/c1-3-5-7-9-11-13-15-14-12-10-8-6-4-2;/h1,3-15H2,2H3;. The van der Waals surface area contributed by atoms with E-state index in [2.05, 4.69) is 6.92 Å². The molecule has 0 amide bonds. The zero-order chi connectivity index (χ0) is 11.9. The number of unbranched alkanes of at least 4 members (excludes halogenated alkanes) is 12. The average molecular weight is 330 g/mol. The predicted molar refractivity (Wildman–Crippen MR) is 76.3 cm³/mol. The zero-order valence-electron chi connectivity index (χ0n) is 11.4. The molecule has 0 rings (SSSR count). The van der Waals surface area contributed by atoms with Crippen LogP contribution in [0.15, 0.2) is 0 Å². The number of hydrogen-bond donors (Lipinski definition) is 0. The van der Waals surface area contributed by atoms with Gasteiger partial charge < -0.3 is 0 Å². The van der Waals surface area contributed by atoms with Gasteiger partial charge in [-0.05, 0) is 0 Å². The Morgan fingerprint density at radius 1 is 0.500 bits per heavy atom. The fourth-order valence-electron chi connectivity index (χ4n) is 2.14. The third-order valence-electron chi connectivity index (χ3n) is 3.28. The summed E-state index contributed by atoms with van der Waals surface area (Å²) in [7, 11) is 0. The van der Waals surface area contributed by atoms with E-state index in [0.717, 1.165) is 0 Å². The maximum absolute atomic E-state index is 2.29. The molecular formula is C15H31Sn. The molecule has 0 aromatic rings. The molecule has 0 saturated carbocycles. The summed E-state index contributed by atoms with van der Waals surface area (Å²) in [5.74, 6) is 0. The third kappa shape index (κ3) is 14.8. The Balaban J connectivity index is 2.83. The van der Waals surface area contributed by atoms with Gasteiger partial charge in [-0.15, -0.1) is 0 Å². The van der Waals surface area contributed by atoms with E-state index in [0.29, 0.717) is 0 Å². The molecule has 3 radical (unpaired) electrons. The minimum absolute atomic E-state index is 1.37. The van der Waals surface area contributed by atoms with Gasteiger partial charge in [-0.25, -0.2) is 0 Å². The van der Waals surface area contributed by atoms with Crippen LogP contribution in [0.5, 0.6) is 0 Å². The van der Waals surface area contributed by atoms with Gasteiger partial charge in [0.2, 0.25) is 0 Å². The Kier molecular flexibility index (Phi) is 16.6. The zero-order valence-corrected chi connectivity index (χ0v) is 14.3. The summed E-state index contributed by atoms with van der Waals surface area (Å²) in [6, 6.07) is 0. The molecule has 0 unspecified atom stereocenters. The van der Waals surface area contributed by atoms with Crippen LogP contribution >= 0.6 is 0 Å². The van der Waals surface area contributed by atoms with Crippen molar-refractivity contribution >= 4 is 22.5 Å². The van der Waals surface area contributed by atoms with Crippen LogP contribution in [-0.2, 0) is 0 Å². The molecule has 0 aliphatic carbocycles. The van der Waals surface area contributed by atoms with Crippen molar-refractivity contribution in [2.24, 2.45) is 0 Å². The Bertz CT molecular complexity index is 98.0. The van der Waals surface area contributed by atoms with Crippen molar-refractivity contribution in [3.63, 3.8) is 0 Å². The van der Waals surface area contributed by atoms with Gasteiger partial charge in [0.25, 0.3) is 0 Å². The first-order valence-corrected chi connectivity index (χ1v) is 9.58. The fourth-order valence-corrected chi connectivity index (χ4v) is 2.86. The van der Waals surface area contributed by atoms with Gasteiger partial charge in [-0.1, -0.05) is 19.8 Å². The molecule has 0 aliphatic rings. The van der Waals surface area contributed by atoms with Crippen molar-refractivity contribution in [1.82, 2.24) is 0 Å². The van der Waals surface area contributed by atoms with Gasteiger partial charge in [-0.3, -0.25) is 0 Å². The van der Waals surface area contributed by atoms with E-state index >= 15 is 0 Å². The summed E-state index contributed by atoms with van der Waals surface area (Å²) in [4.78, 5) is 0. The molecule has 0 heterocycles. The van der Waals surface area contributed by atoms with Crippen molar-refractivity contribution in [3.05, 3.63) is 0 Å². The Labute approximate surface area is 117 Å². The average Bonchev–Trinajstić information content (AvgIpc) is 2.31. The summed E-state index contributed by atoms with van der Waals surface area (Å²) < 4.78 is 1.46. The Hall–Kier alpha value is 0.799. The summed E-state index contributed by atoms with van der Waals surface area (Å²) in [5, 5.41) is 0. The summed E-state index contributed by atoms with van der Waals surface area (Å²) in [6.07, 6.45) is 19.2. The van der Waals surface area contributed by atoms with Crippen LogP contribution in [0, 0.1) is 0 Å². The van der Waals surface area contributed by atoms with Crippen LogP contribution in [0.3, 0.4) is 0 Å². The second-order valence-corrected chi connectivity index (χ2v) is 6.42. The normalized spacial score (nSPS) is 10.9. The number of rotatable bonds is 13. The Morgan fingerprint density at radius 3 is 1.12 bits per heavy atom. The second-order valence-electron chi connectivity index (χ2n) is 4.99. The predicted octanol–water partition coefficient (Wildman–Crippen LogP) is 5.66. The Morgan fingerprint density at radius 2 is 0.812 bits per heavy atom. The van der Waals surface area contributed by atoms with Crippen LogP contribution in [0.1, 0.15) is 90.4 Å². The third-order valence-corrected chi connectivity index (χ3v) is 4.29. The quantitative estimate of drug-likeness (QED) is 0.302. The van der Waals surface area contributed by atoms with E-state index in [9.17, 15) is 0 Å². The number of hydrogen-bond acceptors (Lipinski definition) is 0. The van der Waals surface area contributed by atoms with Gasteiger partial charge in [0.1, 0.15) is 0 Å². The van der Waals surface area contributed by atoms with E-state index in [1.54, 1.807) is 22.5 Å². The van der Waals surface area contributed by atoms with Crippen LogP contribution in [0.25, 0.3) is 0 Å². The van der Waals surface area contributed by atoms with Gasteiger partial charge in [0.15, 0.2) is 0 Å². The van der Waals surface area contributed by atoms with E-state index in [1.807, 2.05) is 0 Å². The van der Waals surface area contributed by atoms with Crippen LogP contribution in [-0.4, -0.2) is 22.5 Å². The summed E-state index contributed by atoms with van der Waals surface area (Å²) in [6.45, 7) is 2.29. The molecule has 0 bridgehead atoms. The molecule has 1 heteroatoms. The molecule has 0 fully saturated rings. The van der Waals surface area contributed by atoms with Crippen molar-refractivity contribution in [3.8, 4) is 0 Å². The van der Waals surface area contributed by atoms with Crippen molar-refractivity contribution in [2.75, 3.05) is 0 Å². The summed E-state index contributed by atoms with van der Waals surface area (Å²) in [5.41, 5.74) is 0. The van der Waals surface area contributed by atoms with Gasteiger partial charge >= 0.3 is 97.6 Å². The minimum atomic E-state index is 1.37. The molecule has 0 spiro atoms. The molecule has 95 valence electrons. The first kappa shape index (κ1) is 16.8. The van der Waals surface area contributed by atoms with Crippen LogP contribution < -0.4 is 0 Å². The van der Waals surface area contributed by atoms with Crippen molar-refractivity contribution in [2.45, 2.75) is 94.8 Å². The monoisotopic (exact) mass is 331 g/mol. The van der Waals surface area contributed by atoms with Crippen LogP contribution in [0.4, 0.5) is 0 Å². The van der Waals surface area contributed by atoms with Gasteiger partial charge in [-0.2, -0.15) is 0 Å². The molecule has 0 saturated heterocycles. The van der Waals surface area contributed by atoms with E-state index < -0.39 is 0 Å². The molecule has 0 aliphatic heterocycles. The molecule has 0 atom stereocenters. The van der Waals surface area contributed by atoms with Crippen molar-refractivity contribution < 1.29 is 0 Å². The second kappa shape index (κ2) is 15.8. The van der Waals surface area contributed by atoms with Crippen LogP contribution in [0.2, 0.25) is 4.44 Å². The van der Waals surface area contributed by atoms with E-state index in [4.69, 9.17) is 0 Å². The SMILES string of the molecule is CCCCCCCCCCCCCC[CH2][Sn]. The molecule has 16 heavy (non-hydrogen) atoms.